The average molecular weight is 308 g/mol. The topological polar surface area (TPSA) is 76.9 Å². The summed E-state index contributed by atoms with van der Waals surface area (Å²) in [5, 5.41) is 7.42. The number of hydrogen-bond acceptors (Lipinski definition) is 5. The number of benzene rings is 1. The summed E-state index contributed by atoms with van der Waals surface area (Å²) < 4.78 is 24.7. The smallest absolute Gasteiger partial charge is 0.175 e. The predicted octanol–water partition coefficient (Wildman–Crippen LogP) is 1.95. The van der Waals surface area contributed by atoms with Crippen LogP contribution < -0.4 is 5.32 Å². The van der Waals surface area contributed by atoms with Gasteiger partial charge in [0.1, 0.15) is 12.2 Å². The number of anilines is 1. The van der Waals surface area contributed by atoms with Crippen molar-refractivity contribution in [1.29, 1.82) is 0 Å². The minimum atomic E-state index is -3.15. The SMILES string of the molecule is CC(C)Cn1ncnc1CNc1ccc(S(C)(=O)=O)cc1. The molecule has 114 valence electrons. The van der Waals surface area contributed by atoms with Gasteiger partial charge in [-0.15, -0.1) is 0 Å². The first-order valence-corrected chi connectivity index (χ1v) is 8.66. The average Bonchev–Trinajstić information content (AvgIpc) is 2.82. The van der Waals surface area contributed by atoms with Gasteiger partial charge in [0.2, 0.25) is 0 Å². The minimum absolute atomic E-state index is 0.316. The molecular weight excluding hydrogens is 288 g/mol. The van der Waals surface area contributed by atoms with Crippen LogP contribution in [0.5, 0.6) is 0 Å². The lowest BCUT2D eigenvalue weighted by Gasteiger charge is -2.10. The van der Waals surface area contributed by atoms with Crippen molar-refractivity contribution in [2.24, 2.45) is 5.92 Å². The normalized spacial score (nSPS) is 11.8. The highest BCUT2D eigenvalue weighted by molar-refractivity contribution is 7.90. The molecule has 2 rings (SSSR count). The van der Waals surface area contributed by atoms with Gasteiger partial charge >= 0.3 is 0 Å². The van der Waals surface area contributed by atoms with Gasteiger partial charge in [-0.05, 0) is 30.2 Å². The molecule has 1 N–H and O–H groups in total. The fraction of sp³-hybridized carbons (Fsp3) is 0.429. The van der Waals surface area contributed by atoms with E-state index < -0.39 is 9.84 Å². The number of nitrogens with one attached hydrogen (secondary N) is 1. The third-order valence-electron chi connectivity index (χ3n) is 2.97. The Labute approximate surface area is 125 Å². The monoisotopic (exact) mass is 308 g/mol. The highest BCUT2D eigenvalue weighted by Gasteiger charge is 2.08. The molecule has 0 unspecified atom stereocenters. The van der Waals surface area contributed by atoms with Gasteiger partial charge in [-0.2, -0.15) is 5.10 Å². The quantitative estimate of drug-likeness (QED) is 0.882. The molecule has 0 spiro atoms. The Hall–Kier alpha value is -1.89. The second kappa shape index (κ2) is 6.26. The first kappa shape index (κ1) is 15.5. The molecule has 6 nitrogen and oxygen atoms in total. The molecule has 21 heavy (non-hydrogen) atoms. The van der Waals surface area contributed by atoms with E-state index in [1.807, 2.05) is 4.68 Å². The second-order valence-electron chi connectivity index (χ2n) is 5.40. The molecule has 1 aromatic heterocycles. The van der Waals surface area contributed by atoms with E-state index in [2.05, 4.69) is 29.2 Å². The van der Waals surface area contributed by atoms with Gasteiger partial charge < -0.3 is 5.32 Å². The molecular formula is C14H20N4O2S. The van der Waals surface area contributed by atoms with E-state index in [0.717, 1.165) is 18.1 Å². The number of nitrogens with zero attached hydrogens (tertiary/aromatic N) is 3. The largest absolute Gasteiger partial charge is 0.378 e. The van der Waals surface area contributed by atoms with Crippen molar-refractivity contribution in [2.75, 3.05) is 11.6 Å². The Morgan fingerprint density at radius 1 is 1.24 bits per heavy atom. The maximum Gasteiger partial charge on any atom is 0.175 e. The standard InChI is InChI=1S/C14H20N4O2S/c1-11(2)9-18-14(16-10-17-18)8-15-12-4-6-13(7-5-12)21(3,19)20/h4-7,10-11,15H,8-9H2,1-3H3. The van der Waals surface area contributed by atoms with Gasteiger partial charge in [-0.3, -0.25) is 0 Å². The first-order valence-electron chi connectivity index (χ1n) is 6.77. The number of rotatable bonds is 6. The van der Waals surface area contributed by atoms with Gasteiger partial charge in [0.25, 0.3) is 0 Å². The Balaban J connectivity index is 2.02. The fourth-order valence-electron chi connectivity index (χ4n) is 1.92. The number of aromatic nitrogens is 3. The molecule has 1 heterocycles. The molecule has 0 aliphatic carbocycles. The van der Waals surface area contributed by atoms with Crippen molar-refractivity contribution >= 4 is 15.5 Å². The summed E-state index contributed by atoms with van der Waals surface area (Å²) in [6.45, 7) is 5.63. The maximum atomic E-state index is 11.4. The van der Waals surface area contributed by atoms with Crippen molar-refractivity contribution in [3.63, 3.8) is 0 Å². The van der Waals surface area contributed by atoms with E-state index in [4.69, 9.17) is 0 Å². The number of sulfone groups is 1. The van der Waals surface area contributed by atoms with Crippen LogP contribution in [-0.2, 0) is 22.9 Å². The summed E-state index contributed by atoms with van der Waals surface area (Å²) in [4.78, 5) is 4.55. The van der Waals surface area contributed by atoms with E-state index in [0.29, 0.717) is 17.4 Å². The van der Waals surface area contributed by atoms with Crippen LogP contribution >= 0.6 is 0 Å². The van der Waals surface area contributed by atoms with Crippen molar-refractivity contribution in [3.8, 4) is 0 Å². The first-order chi connectivity index (χ1) is 9.86. The van der Waals surface area contributed by atoms with Gasteiger partial charge in [-0.1, -0.05) is 13.8 Å². The summed E-state index contributed by atoms with van der Waals surface area (Å²) in [5.41, 5.74) is 0.849. The molecule has 0 saturated heterocycles. The summed E-state index contributed by atoms with van der Waals surface area (Å²) in [5.74, 6) is 1.36. The second-order valence-corrected chi connectivity index (χ2v) is 7.42. The lowest BCUT2D eigenvalue weighted by molar-refractivity contribution is 0.468. The molecule has 0 aliphatic rings. The minimum Gasteiger partial charge on any atom is -0.378 e. The van der Waals surface area contributed by atoms with E-state index in [-0.39, 0.29) is 0 Å². The Kier molecular flexibility index (Phi) is 4.62. The van der Waals surface area contributed by atoms with Gasteiger partial charge in [0.05, 0.1) is 11.4 Å². The van der Waals surface area contributed by atoms with Crippen LogP contribution in [0.2, 0.25) is 0 Å². The lowest BCUT2D eigenvalue weighted by atomic mass is 10.2. The van der Waals surface area contributed by atoms with E-state index in [1.54, 1.807) is 30.6 Å². The van der Waals surface area contributed by atoms with Crippen molar-refractivity contribution < 1.29 is 8.42 Å². The Morgan fingerprint density at radius 3 is 2.48 bits per heavy atom. The summed E-state index contributed by atoms with van der Waals surface area (Å²) in [6.07, 6.45) is 2.75. The summed E-state index contributed by atoms with van der Waals surface area (Å²) >= 11 is 0. The molecule has 7 heteroatoms. The van der Waals surface area contributed by atoms with Gasteiger partial charge in [0, 0.05) is 18.5 Å². The van der Waals surface area contributed by atoms with Crippen LogP contribution in [0.1, 0.15) is 19.7 Å². The van der Waals surface area contributed by atoms with E-state index >= 15 is 0 Å². The van der Waals surface area contributed by atoms with Gasteiger partial charge in [0.15, 0.2) is 9.84 Å². The molecule has 2 aromatic rings. The summed E-state index contributed by atoms with van der Waals surface area (Å²) in [7, 11) is -3.15. The van der Waals surface area contributed by atoms with Crippen LogP contribution in [-0.4, -0.2) is 29.4 Å². The molecule has 0 saturated carbocycles. The van der Waals surface area contributed by atoms with E-state index in [9.17, 15) is 8.42 Å². The van der Waals surface area contributed by atoms with E-state index in [1.165, 1.54) is 6.26 Å². The molecule has 1 aromatic carbocycles. The highest BCUT2D eigenvalue weighted by Crippen LogP contribution is 2.14. The maximum absolute atomic E-state index is 11.4. The zero-order chi connectivity index (χ0) is 15.5. The Morgan fingerprint density at radius 2 is 1.90 bits per heavy atom. The van der Waals surface area contributed by atoms with Crippen molar-refractivity contribution in [1.82, 2.24) is 14.8 Å². The van der Waals surface area contributed by atoms with Crippen LogP contribution in [0, 0.1) is 5.92 Å². The molecule has 0 fully saturated rings. The highest BCUT2D eigenvalue weighted by atomic mass is 32.2. The third kappa shape index (κ3) is 4.29. The van der Waals surface area contributed by atoms with Gasteiger partial charge in [-0.25, -0.2) is 18.1 Å². The fourth-order valence-corrected chi connectivity index (χ4v) is 2.55. The Bertz CT molecular complexity index is 690. The van der Waals surface area contributed by atoms with Crippen LogP contribution in [0.15, 0.2) is 35.5 Å². The molecule has 0 amide bonds. The number of hydrogen-bond donors (Lipinski definition) is 1. The lowest BCUT2D eigenvalue weighted by Crippen LogP contribution is -2.13. The van der Waals surface area contributed by atoms with Crippen LogP contribution in [0.25, 0.3) is 0 Å². The van der Waals surface area contributed by atoms with Crippen LogP contribution in [0.3, 0.4) is 0 Å². The zero-order valence-corrected chi connectivity index (χ0v) is 13.3. The van der Waals surface area contributed by atoms with Crippen molar-refractivity contribution in [2.45, 2.75) is 31.8 Å². The summed E-state index contributed by atoms with van der Waals surface area (Å²) in [6, 6.07) is 6.69. The van der Waals surface area contributed by atoms with Crippen LogP contribution in [0.4, 0.5) is 5.69 Å². The van der Waals surface area contributed by atoms with Crippen molar-refractivity contribution in [3.05, 3.63) is 36.4 Å². The molecule has 0 radical (unpaired) electrons. The third-order valence-corrected chi connectivity index (χ3v) is 4.10. The zero-order valence-electron chi connectivity index (χ0n) is 12.4. The predicted molar refractivity (Wildman–Crippen MR) is 81.7 cm³/mol. The molecule has 0 atom stereocenters. The molecule has 0 aliphatic heterocycles. The molecule has 0 bridgehead atoms.